The van der Waals surface area contributed by atoms with E-state index in [9.17, 15) is 13.2 Å². The standard InChI is InChI=1S/C11H12BrF3O/c12-7-3-4-8-16-10-6-2-1-5-9(10)11(13,14)15/h1-2,5-6H,3-4,7-8H2. The molecule has 0 saturated heterocycles. The van der Waals surface area contributed by atoms with Gasteiger partial charge in [0.1, 0.15) is 5.75 Å². The lowest BCUT2D eigenvalue weighted by Gasteiger charge is -2.13. The summed E-state index contributed by atoms with van der Waals surface area (Å²) in [5, 5.41) is 0.831. The zero-order chi connectivity index (χ0) is 12.0. The number of benzene rings is 1. The highest BCUT2D eigenvalue weighted by Crippen LogP contribution is 2.35. The van der Waals surface area contributed by atoms with Crippen molar-refractivity contribution < 1.29 is 17.9 Å². The fourth-order valence-electron chi connectivity index (χ4n) is 1.21. The first-order chi connectivity index (χ1) is 7.55. The van der Waals surface area contributed by atoms with Gasteiger partial charge in [-0.25, -0.2) is 0 Å². The third-order valence-corrected chi connectivity index (χ3v) is 2.54. The predicted molar refractivity (Wildman–Crippen MR) is 60.0 cm³/mol. The molecule has 0 bridgehead atoms. The van der Waals surface area contributed by atoms with Crippen LogP contribution in [-0.2, 0) is 6.18 Å². The zero-order valence-electron chi connectivity index (χ0n) is 8.56. The monoisotopic (exact) mass is 296 g/mol. The minimum absolute atomic E-state index is 0.0930. The molecular weight excluding hydrogens is 285 g/mol. The average Bonchev–Trinajstić information content (AvgIpc) is 2.24. The molecule has 1 rings (SSSR count). The van der Waals surface area contributed by atoms with Crippen LogP contribution in [0.5, 0.6) is 5.75 Å². The van der Waals surface area contributed by atoms with E-state index in [1.54, 1.807) is 0 Å². The maximum atomic E-state index is 12.5. The van der Waals surface area contributed by atoms with E-state index in [1.807, 2.05) is 0 Å². The van der Waals surface area contributed by atoms with Crippen LogP contribution in [0, 0.1) is 0 Å². The van der Waals surface area contributed by atoms with Gasteiger partial charge < -0.3 is 4.74 Å². The van der Waals surface area contributed by atoms with Gasteiger partial charge >= 0.3 is 6.18 Å². The number of para-hydroxylation sites is 1. The van der Waals surface area contributed by atoms with E-state index in [1.165, 1.54) is 18.2 Å². The lowest BCUT2D eigenvalue weighted by Crippen LogP contribution is -2.09. The number of ether oxygens (including phenoxy) is 1. The fraction of sp³-hybridized carbons (Fsp3) is 0.455. The number of hydrogen-bond acceptors (Lipinski definition) is 1. The average molecular weight is 297 g/mol. The number of rotatable bonds is 5. The van der Waals surface area contributed by atoms with Gasteiger partial charge in [0.05, 0.1) is 12.2 Å². The molecule has 0 radical (unpaired) electrons. The van der Waals surface area contributed by atoms with Gasteiger partial charge in [-0.1, -0.05) is 28.1 Å². The van der Waals surface area contributed by atoms with Gasteiger partial charge in [-0.2, -0.15) is 13.2 Å². The topological polar surface area (TPSA) is 9.23 Å². The predicted octanol–water partition coefficient (Wildman–Crippen LogP) is 4.26. The van der Waals surface area contributed by atoms with Gasteiger partial charge in [0.25, 0.3) is 0 Å². The summed E-state index contributed by atoms with van der Waals surface area (Å²) in [6.45, 7) is 0.304. The highest BCUT2D eigenvalue weighted by Gasteiger charge is 2.33. The Morgan fingerprint density at radius 2 is 1.81 bits per heavy atom. The van der Waals surface area contributed by atoms with Crippen LogP contribution in [0.1, 0.15) is 18.4 Å². The first-order valence-corrected chi connectivity index (χ1v) is 6.03. The summed E-state index contributed by atoms with van der Waals surface area (Å²) < 4.78 is 42.7. The van der Waals surface area contributed by atoms with Crippen LogP contribution < -0.4 is 4.74 Å². The molecule has 0 spiro atoms. The molecule has 0 unspecified atom stereocenters. The van der Waals surface area contributed by atoms with Crippen LogP contribution >= 0.6 is 15.9 Å². The highest BCUT2D eigenvalue weighted by atomic mass is 79.9. The Labute approximate surface area is 101 Å². The molecule has 0 amide bonds. The van der Waals surface area contributed by atoms with E-state index in [2.05, 4.69) is 15.9 Å². The molecule has 16 heavy (non-hydrogen) atoms. The highest BCUT2D eigenvalue weighted by molar-refractivity contribution is 9.09. The Hall–Kier alpha value is -0.710. The third-order valence-electron chi connectivity index (χ3n) is 1.98. The Kier molecular flexibility index (Phi) is 5.12. The molecule has 0 saturated carbocycles. The van der Waals surface area contributed by atoms with E-state index in [0.717, 1.165) is 24.2 Å². The second-order valence-electron chi connectivity index (χ2n) is 3.24. The zero-order valence-corrected chi connectivity index (χ0v) is 10.1. The van der Waals surface area contributed by atoms with Crippen molar-refractivity contribution >= 4 is 15.9 Å². The van der Waals surface area contributed by atoms with Gasteiger partial charge in [0, 0.05) is 5.33 Å². The molecule has 0 aliphatic heterocycles. The van der Waals surface area contributed by atoms with Crippen molar-refractivity contribution in [2.75, 3.05) is 11.9 Å². The summed E-state index contributed by atoms with van der Waals surface area (Å²) in [4.78, 5) is 0. The van der Waals surface area contributed by atoms with Gasteiger partial charge in [-0.05, 0) is 25.0 Å². The normalized spacial score (nSPS) is 11.5. The molecule has 0 N–H and O–H groups in total. The number of unbranched alkanes of at least 4 members (excludes halogenated alkanes) is 1. The summed E-state index contributed by atoms with van der Waals surface area (Å²) in [7, 11) is 0. The Balaban J connectivity index is 2.65. The van der Waals surface area contributed by atoms with Crippen LogP contribution in [0.15, 0.2) is 24.3 Å². The first-order valence-electron chi connectivity index (χ1n) is 4.90. The van der Waals surface area contributed by atoms with Gasteiger partial charge in [-0.15, -0.1) is 0 Å². The van der Waals surface area contributed by atoms with Crippen molar-refractivity contribution in [3.8, 4) is 5.75 Å². The molecule has 1 aromatic rings. The number of halogens is 4. The molecule has 1 aromatic carbocycles. The van der Waals surface area contributed by atoms with E-state index in [-0.39, 0.29) is 5.75 Å². The van der Waals surface area contributed by atoms with Gasteiger partial charge in [-0.3, -0.25) is 0 Å². The van der Waals surface area contributed by atoms with Gasteiger partial charge in [0.15, 0.2) is 0 Å². The Morgan fingerprint density at radius 1 is 1.12 bits per heavy atom. The van der Waals surface area contributed by atoms with E-state index < -0.39 is 11.7 Å². The minimum atomic E-state index is -4.36. The summed E-state index contributed by atoms with van der Waals surface area (Å²) in [6.07, 6.45) is -2.74. The number of hydrogen-bond donors (Lipinski definition) is 0. The van der Waals surface area contributed by atoms with Crippen LogP contribution in [0.25, 0.3) is 0 Å². The molecule has 0 aliphatic rings. The maximum Gasteiger partial charge on any atom is 0.419 e. The number of alkyl halides is 4. The summed E-state index contributed by atoms with van der Waals surface area (Å²) in [5.41, 5.74) is -0.714. The van der Waals surface area contributed by atoms with Crippen LogP contribution in [0.2, 0.25) is 0 Å². The lowest BCUT2D eigenvalue weighted by atomic mass is 10.2. The van der Waals surface area contributed by atoms with E-state index in [0.29, 0.717) is 6.61 Å². The quantitative estimate of drug-likeness (QED) is 0.583. The van der Waals surface area contributed by atoms with E-state index in [4.69, 9.17) is 4.74 Å². The SMILES string of the molecule is FC(F)(F)c1ccccc1OCCCCBr. The smallest absolute Gasteiger partial charge is 0.419 e. The second kappa shape index (κ2) is 6.13. The largest absolute Gasteiger partial charge is 0.493 e. The van der Waals surface area contributed by atoms with Crippen LogP contribution in [-0.4, -0.2) is 11.9 Å². The summed E-state index contributed by atoms with van der Waals surface area (Å²) in [6, 6.07) is 5.26. The third kappa shape index (κ3) is 4.04. The molecule has 90 valence electrons. The molecule has 5 heteroatoms. The molecule has 1 nitrogen and oxygen atoms in total. The molecule has 0 heterocycles. The van der Waals surface area contributed by atoms with Crippen molar-refractivity contribution in [1.29, 1.82) is 0 Å². The Morgan fingerprint density at radius 3 is 2.44 bits per heavy atom. The molecule has 0 atom stereocenters. The molecular formula is C11H12BrF3O. The second-order valence-corrected chi connectivity index (χ2v) is 4.03. The maximum absolute atomic E-state index is 12.5. The van der Waals surface area contributed by atoms with Crippen molar-refractivity contribution in [3.63, 3.8) is 0 Å². The lowest BCUT2D eigenvalue weighted by molar-refractivity contribution is -0.138. The van der Waals surface area contributed by atoms with Crippen molar-refractivity contribution in [2.24, 2.45) is 0 Å². The first kappa shape index (κ1) is 13.4. The summed E-state index contributed by atoms with van der Waals surface area (Å²) in [5.74, 6) is -0.0930. The van der Waals surface area contributed by atoms with Crippen molar-refractivity contribution in [3.05, 3.63) is 29.8 Å². The van der Waals surface area contributed by atoms with Crippen LogP contribution in [0.3, 0.4) is 0 Å². The van der Waals surface area contributed by atoms with E-state index >= 15 is 0 Å². The fourth-order valence-corrected chi connectivity index (χ4v) is 1.60. The Bertz CT molecular complexity index is 325. The molecule has 0 aromatic heterocycles. The molecule has 0 aliphatic carbocycles. The summed E-state index contributed by atoms with van der Waals surface area (Å²) >= 11 is 3.25. The van der Waals surface area contributed by atoms with Gasteiger partial charge in [0.2, 0.25) is 0 Å². The van der Waals surface area contributed by atoms with Crippen molar-refractivity contribution in [1.82, 2.24) is 0 Å². The molecule has 0 fully saturated rings. The van der Waals surface area contributed by atoms with Crippen molar-refractivity contribution in [2.45, 2.75) is 19.0 Å². The van der Waals surface area contributed by atoms with Crippen LogP contribution in [0.4, 0.5) is 13.2 Å². The minimum Gasteiger partial charge on any atom is -0.493 e.